The second-order valence-corrected chi connectivity index (χ2v) is 4.01. The summed E-state index contributed by atoms with van der Waals surface area (Å²) >= 11 is 0. The number of likely N-dealkylation sites (N-methyl/N-ethyl adjacent to an activating group) is 1. The van der Waals surface area contributed by atoms with Crippen LogP contribution in [0.3, 0.4) is 0 Å². The van der Waals surface area contributed by atoms with Crippen molar-refractivity contribution in [2.45, 2.75) is 0 Å². The molecule has 0 aliphatic heterocycles. The Morgan fingerprint density at radius 2 is 2.06 bits per heavy atom. The summed E-state index contributed by atoms with van der Waals surface area (Å²) in [6.45, 7) is -0.0648. The van der Waals surface area contributed by atoms with Crippen LogP contribution >= 0.6 is 0 Å². The van der Waals surface area contributed by atoms with Crippen LogP contribution in [-0.2, 0) is 9.53 Å². The van der Waals surface area contributed by atoms with Crippen LogP contribution < -0.4 is 0 Å². The fourth-order valence-corrected chi connectivity index (χ4v) is 1.72. The molecule has 0 aliphatic carbocycles. The quantitative estimate of drug-likeness (QED) is 0.833. The molecule has 0 aliphatic rings. The molecule has 0 fully saturated rings. The molecule has 94 valence electrons. The van der Waals surface area contributed by atoms with Crippen LogP contribution in [0.25, 0.3) is 10.9 Å². The third-order valence-corrected chi connectivity index (χ3v) is 2.70. The molecule has 0 atom stereocenters. The van der Waals surface area contributed by atoms with Gasteiger partial charge in [-0.15, -0.1) is 0 Å². The Labute approximate surface area is 104 Å². The van der Waals surface area contributed by atoms with Gasteiger partial charge in [0.15, 0.2) is 0 Å². The van der Waals surface area contributed by atoms with E-state index < -0.39 is 5.97 Å². The lowest BCUT2D eigenvalue weighted by Gasteiger charge is -2.14. The average molecular weight is 246 g/mol. The second kappa shape index (κ2) is 4.91. The average Bonchev–Trinajstić information content (AvgIpc) is 2.81. The fourth-order valence-electron chi connectivity index (χ4n) is 1.72. The smallest absolute Gasteiger partial charge is 0.325 e. The number of ether oxygens (including phenoxy) is 1. The standard InChI is InChI=1S/C13H14N2O3/c1-15(8-12(16)18-2)13(17)11-7-9-5-3-4-6-10(9)14-11/h3-7,14H,8H2,1-2H3. The van der Waals surface area contributed by atoms with Crippen molar-refractivity contribution in [3.05, 3.63) is 36.0 Å². The normalized spacial score (nSPS) is 10.3. The van der Waals surface area contributed by atoms with Crippen LogP contribution in [0.5, 0.6) is 0 Å². The van der Waals surface area contributed by atoms with Crippen LogP contribution in [0.2, 0.25) is 0 Å². The number of esters is 1. The largest absolute Gasteiger partial charge is 0.468 e. The number of aromatic nitrogens is 1. The Bertz CT molecular complexity index is 556. The Balaban J connectivity index is 2.20. The maximum Gasteiger partial charge on any atom is 0.325 e. The number of nitrogens with one attached hydrogen (secondary N) is 1. The summed E-state index contributed by atoms with van der Waals surface area (Å²) in [6.07, 6.45) is 0. The number of carbonyl (C=O) groups excluding carboxylic acids is 2. The number of amides is 1. The molecule has 18 heavy (non-hydrogen) atoms. The van der Waals surface area contributed by atoms with Crippen molar-refractivity contribution < 1.29 is 14.3 Å². The SMILES string of the molecule is COC(=O)CN(C)C(=O)c1cc2ccccc2[nH]1. The molecule has 2 aromatic rings. The van der Waals surface area contributed by atoms with Crippen LogP contribution in [0.15, 0.2) is 30.3 Å². The fraction of sp³-hybridized carbons (Fsp3) is 0.231. The van der Waals surface area contributed by atoms with Crippen molar-refractivity contribution >= 4 is 22.8 Å². The van der Waals surface area contributed by atoms with E-state index in [1.807, 2.05) is 24.3 Å². The van der Waals surface area contributed by atoms with Crippen LogP contribution in [0.1, 0.15) is 10.5 Å². The number of hydrogen-bond donors (Lipinski definition) is 1. The predicted octanol–water partition coefficient (Wildman–Crippen LogP) is 1.41. The first kappa shape index (κ1) is 12.2. The van der Waals surface area contributed by atoms with E-state index in [4.69, 9.17) is 0 Å². The molecule has 5 heteroatoms. The zero-order valence-electron chi connectivity index (χ0n) is 10.3. The maximum absolute atomic E-state index is 12.1. The van der Waals surface area contributed by atoms with E-state index in [2.05, 4.69) is 9.72 Å². The van der Waals surface area contributed by atoms with Crippen LogP contribution in [0, 0.1) is 0 Å². The Morgan fingerprint density at radius 3 is 2.72 bits per heavy atom. The molecule has 1 aromatic carbocycles. The molecular weight excluding hydrogens is 232 g/mol. The lowest BCUT2D eigenvalue weighted by atomic mass is 10.2. The molecule has 0 saturated carbocycles. The molecule has 5 nitrogen and oxygen atoms in total. The first-order chi connectivity index (χ1) is 8.61. The van der Waals surface area contributed by atoms with Crippen LogP contribution in [-0.4, -0.2) is 42.5 Å². The number of methoxy groups -OCH3 is 1. The molecule has 0 spiro atoms. The van der Waals surface area contributed by atoms with Crippen molar-refractivity contribution in [3.8, 4) is 0 Å². The number of nitrogens with zero attached hydrogens (tertiary/aromatic N) is 1. The molecule has 1 heterocycles. The first-order valence-corrected chi connectivity index (χ1v) is 5.52. The highest BCUT2D eigenvalue weighted by Gasteiger charge is 2.16. The summed E-state index contributed by atoms with van der Waals surface area (Å²) in [6, 6.07) is 9.38. The number of carbonyl (C=O) groups is 2. The number of H-pyrrole nitrogens is 1. The van der Waals surface area contributed by atoms with Crippen molar-refractivity contribution in [2.75, 3.05) is 20.7 Å². The Hall–Kier alpha value is -2.30. The molecule has 1 N–H and O–H groups in total. The zero-order chi connectivity index (χ0) is 13.1. The lowest BCUT2D eigenvalue weighted by Crippen LogP contribution is -2.32. The van der Waals surface area contributed by atoms with Gasteiger partial charge in [0.25, 0.3) is 5.91 Å². The van der Waals surface area contributed by atoms with Gasteiger partial charge >= 0.3 is 5.97 Å². The minimum Gasteiger partial charge on any atom is -0.468 e. The van der Waals surface area contributed by atoms with Crippen molar-refractivity contribution in [1.29, 1.82) is 0 Å². The van der Waals surface area contributed by atoms with Gasteiger partial charge in [-0.1, -0.05) is 18.2 Å². The summed E-state index contributed by atoms with van der Waals surface area (Å²) in [5, 5.41) is 0.965. The number of fused-ring (bicyclic) bond motifs is 1. The van der Waals surface area contributed by atoms with E-state index in [1.165, 1.54) is 12.0 Å². The van der Waals surface area contributed by atoms with Gasteiger partial charge in [0.1, 0.15) is 12.2 Å². The molecule has 0 saturated heterocycles. The minimum atomic E-state index is -0.443. The van der Waals surface area contributed by atoms with E-state index in [9.17, 15) is 9.59 Å². The molecule has 0 bridgehead atoms. The minimum absolute atomic E-state index is 0.0648. The van der Waals surface area contributed by atoms with Gasteiger partial charge < -0.3 is 14.6 Å². The third-order valence-electron chi connectivity index (χ3n) is 2.70. The van der Waals surface area contributed by atoms with E-state index in [1.54, 1.807) is 13.1 Å². The highest BCUT2D eigenvalue weighted by molar-refractivity contribution is 5.99. The summed E-state index contributed by atoms with van der Waals surface area (Å²) in [5.41, 5.74) is 1.36. The van der Waals surface area contributed by atoms with Gasteiger partial charge in [0, 0.05) is 18.0 Å². The summed E-state index contributed by atoms with van der Waals surface area (Å²) < 4.78 is 4.52. The van der Waals surface area contributed by atoms with E-state index in [0.29, 0.717) is 5.69 Å². The second-order valence-electron chi connectivity index (χ2n) is 4.01. The summed E-state index contributed by atoms with van der Waals surface area (Å²) in [7, 11) is 2.86. The monoisotopic (exact) mass is 246 g/mol. The zero-order valence-corrected chi connectivity index (χ0v) is 10.3. The van der Waals surface area contributed by atoms with Gasteiger partial charge in [0.05, 0.1) is 7.11 Å². The van der Waals surface area contributed by atoms with Gasteiger partial charge in [-0.2, -0.15) is 0 Å². The molecule has 1 amide bonds. The van der Waals surface area contributed by atoms with Crippen molar-refractivity contribution in [2.24, 2.45) is 0 Å². The van der Waals surface area contributed by atoms with Crippen molar-refractivity contribution in [3.63, 3.8) is 0 Å². The molecular formula is C13H14N2O3. The molecule has 1 aromatic heterocycles. The number of para-hydroxylation sites is 1. The topological polar surface area (TPSA) is 62.4 Å². The number of hydrogen-bond acceptors (Lipinski definition) is 3. The number of rotatable bonds is 3. The van der Waals surface area contributed by atoms with E-state index in [0.717, 1.165) is 10.9 Å². The van der Waals surface area contributed by atoms with Gasteiger partial charge in [-0.05, 0) is 12.1 Å². The van der Waals surface area contributed by atoms with Gasteiger partial charge in [-0.3, -0.25) is 9.59 Å². The van der Waals surface area contributed by atoms with Gasteiger partial charge in [-0.25, -0.2) is 0 Å². The summed E-state index contributed by atoms with van der Waals surface area (Å²) in [5.74, 6) is -0.682. The summed E-state index contributed by atoms with van der Waals surface area (Å²) in [4.78, 5) is 27.5. The lowest BCUT2D eigenvalue weighted by molar-refractivity contribution is -0.141. The number of benzene rings is 1. The molecule has 2 rings (SSSR count). The Morgan fingerprint density at radius 1 is 1.33 bits per heavy atom. The highest BCUT2D eigenvalue weighted by atomic mass is 16.5. The van der Waals surface area contributed by atoms with E-state index in [-0.39, 0.29) is 12.5 Å². The van der Waals surface area contributed by atoms with Gasteiger partial charge in [0.2, 0.25) is 0 Å². The first-order valence-electron chi connectivity index (χ1n) is 5.52. The predicted molar refractivity (Wildman–Crippen MR) is 67.3 cm³/mol. The molecule has 0 unspecified atom stereocenters. The van der Waals surface area contributed by atoms with Crippen LogP contribution in [0.4, 0.5) is 0 Å². The Kier molecular flexibility index (Phi) is 3.32. The highest BCUT2D eigenvalue weighted by Crippen LogP contribution is 2.15. The molecule has 0 radical (unpaired) electrons. The number of aromatic amines is 1. The van der Waals surface area contributed by atoms with E-state index >= 15 is 0 Å². The maximum atomic E-state index is 12.1. The third kappa shape index (κ3) is 2.34. The van der Waals surface area contributed by atoms with Crippen molar-refractivity contribution in [1.82, 2.24) is 9.88 Å².